The van der Waals surface area contributed by atoms with Gasteiger partial charge in [-0.3, -0.25) is 0 Å². The summed E-state index contributed by atoms with van der Waals surface area (Å²) < 4.78 is 0. The average Bonchev–Trinajstić information content (AvgIpc) is 2.70. The lowest BCUT2D eigenvalue weighted by Gasteiger charge is -2.35. The van der Waals surface area contributed by atoms with E-state index >= 15 is 0 Å². The molecule has 0 radical (unpaired) electrons. The molecule has 2 fully saturated rings. The Bertz CT molecular complexity index is 218. The smallest absolute Gasteiger partial charge is 0.0675 e. The molecule has 0 aliphatic heterocycles. The van der Waals surface area contributed by atoms with Gasteiger partial charge in [0.1, 0.15) is 0 Å². The fourth-order valence-electron chi connectivity index (χ4n) is 4.05. The summed E-state index contributed by atoms with van der Waals surface area (Å²) in [5.41, 5.74) is -0.297. The van der Waals surface area contributed by atoms with Crippen molar-refractivity contribution in [2.24, 2.45) is 11.8 Å². The lowest BCUT2D eigenvalue weighted by atomic mass is 9.77. The zero-order valence-electron chi connectivity index (χ0n) is 11.6. The highest BCUT2D eigenvalue weighted by Crippen LogP contribution is 2.41. The minimum absolute atomic E-state index is 0.297. The fourth-order valence-corrected chi connectivity index (χ4v) is 4.05. The van der Waals surface area contributed by atoms with Crippen molar-refractivity contribution in [1.29, 1.82) is 0 Å². The summed E-state index contributed by atoms with van der Waals surface area (Å²) in [6, 6.07) is 0. The molecule has 2 unspecified atom stereocenters. The van der Waals surface area contributed by atoms with Crippen LogP contribution in [0.2, 0.25) is 0 Å². The van der Waals surface area contributed by atoms with Gasteiger partial charge < -0.3 is 5.11 Å². The Hall–Kier alpha value is -0.0400. The van der Waals surface area contributed by atoms with Crippen LogP contribution >= 0.6 is 0 Å². The van der Waals surface area contributed by atoms with Crippen LogP contribution < -0.4 is 0 Å². The molecule has 100 valence electrons. The van der Waals surface area contributed by atoms with Gasteiger partial charge in [-0.1, -0.05) is 51.9 Å². The maximum Gasteiger partial charge on any atom is 0.0675 e. The minimum atomic E-state index is -0.297. The summed E-state index contributed by atoms with van der Waals surface area (Å²) >= 11 is 0. The highest BCUT2D eigenvalue weighted by atomic mass is 16.3. The topological polar surface area (TPSA) is 20.2 Å². The Morgan fingerprint density at radius 3 is 2.24 bits per heavy atom. The molecule has 2 aliphatic carbocycles. The molecule has 0 amide bonds. The first-order valence-electron chi connectivity index (χ1n) is 7.97. The summed E-state index contributed by atoms with van der Waals surface area (Å²) in [4.78, 5) is 0. The van der Waals surface area contributed by atoms with Gasteiger partial charge in [0.15, 0.2) is 0 Å². The van der Waals surface area contributed by atoms with Crippen molar-refractivity contribution >= 4 is 0 Å². The Morgan fingerprint density at radius 2 is 1.59 bits per heavy atom. The normalized spacial score (nSPS) is 37.4. The number of aliphatic hydroxyl groups is 1. The van der Waals surface area contributed by atoms with Gasteiger partial charge in [-0.15, -0.1) is 0 Å². The second-order valence-corrected chi connectivity index (χ2v) is 6.50. The Kier molecular flexibility index (Phi) is 4.90. The van der Waals surface area contributed by atoms with Crippen molar-refractivity contribution in [3.8, 4) is 0 Å². The van der Waals surface area contributed by atoms with E-state index in [0.29, 0.717) is 5.92 Å². The molecule has 1 nitrogen and oxygen atoms in total. The molecule has 2 aliphatic rings. The van der Waals surface area contributed by atoms with Crippen molar-refractivity contribution in [2.75, 3.05) is 0 Å². The van der Waals surface area contributed by atoms with Crippen molar-refractivity contribution < 1.29 is 5.11 Å². The van der Waals surface area contributed by atoms with Crippen LogP contribution in [0.1, 0.15) is 84.0 Å². The van der Waals surface area contributed by atoms with Crippen LogP contribution in [0.3, 0.4) is 0 Å². The van der Waals surface area contributed by atoms with Gasteiger partial charge >= 0.3 is 0 Å². The predicted octanol–water partition coefficient (Wildman–Crippen LogP) is 4.68. The number of rotatable bonds is 2. The van der Waals surface area contributed by atoms with Crippen LogP contribution in [-0.2, 0) is 0 Å². The van der Waals surface area contributed by atoms with E-state index in [2.05, 4.69) is 6.92 Å². The van der Waals surface area contributed by atoms with Gasteiger partial charge in [-0.05, 0) is 43.9 Å². The molecule has 2 atom stereocenters. The highest BCUT2D eigenvalue weighted by molar-refractivity contribution is 4.90. The third-order valence-electron chi connectivity index (χ3n) is 5.40. The predicted molar refractivity (Wildman–Crippen MR) is 73.0 cm³/mol. The lowest BCUT2D eigenvalue weighted by Crippen LogP contribution is -2.37. The van der Waals surface area contributed by atoms with E-state index in [0.717, 1.165) is 18.8 Å². The van der Waals surface area contributed by atoms with Gasteiger partial charge in [0.05, 0.1) is 5.60 Å². The average molecular weight is 238 g/mol. The van der Waals surface area contributed by atoms with Crippen LogP contribution in [0, 0.1) is 11.8 Å². The summed E-state index contributed by atoms with van der Waals surface area (Å²) in [5.74, 6) is 1.50. The summed E-state index contributed by atoms with van der Waals surface area (Å²) in [5, 5.41) is 11.0. The molecular weight excluding hydrogens is 208 g/mol. The van der Waals surface area contributed by atoms with Gasteiger partial charge in [0.2, 0.25) is 0 Å². The van der Waals surface area contributed by atoms with E-state index in [1.165, 1.54) is 64.2 Å². The SMILES string of the molecule is CCC1CCCC(O)(C2CCCCCC2)CC1. The molecule has 17 heavy (non-hydrogen) atoms. The lowest BCUT2D eigenvalue weighted by molar-refractivity contribution is -0.0385. The van der Waals surface area contributed by atoms with Gasteiger partial charge in [0, 0.05) is 0 Å². The van der Waals surface area contributed by atoms with E-state index in [1.807, 2.05) is 0 Å². The Balaban J connectivity index is 1.96. The Labute approximate surface area is 107 Å². The van der Waals surface area contributed by atoms with Crippen LogP contribution in [0.25, 0.3) is 0 Å². The second kappa shape index (κ2) is 6.22. The second-order valence-electron chi connectivity index (χ2n) is 6.50. The van der Waals surface area contributed by atoms with E-state index in [1.54, 1.807) is 0 Å². The molecule has 2 saturated carbocycles. The molecule has 0 bridgehead atoms. The zero-order chi connectivity index (χ0) is 12.1. The summed E-state index contributed by atoms with van der Waals surface area (Å²) in [7, 11) is 0. The van der Waals surface area contributed by atoms with E-state index < -0.39 is 0 Å². The molecule has 0 aromatic carbocycles. The van der Waals surface area contributed by atoms with Crippen molar-refractivity contribution in [2.45, 2.75) is 89.6 Å². The van der Waals surface area contributed by atoms with Crippen molar-refractivity contribution in [3.05, 3.63) is 0 Å². The first kappa shape index (κ1) is 13.4. The van der Waals surface area contributed by atoms with Crippen LogP contribution in [0.5, 0.6) is 0 Å². The van der Waals surface area contributed by atoms with Gasteiger partial charge in [-0.25, -0.2) is 0 Å². The van der Waals surface area contributed by atoms with Crippen LogP contribution in [0.15, 0.2) is 0 Å². The third kappa shape index (κ3) is 3.47. The molecule has 0 aromatic rings. The fraction of sp³-hybridized carbons (Fsp3) is 1.00. The molecule has 2 rings (SSSR count). The Morgan fingerprint density at radius 1 is 0.882 bits per heavy atom. The summed E-state index contributed by atoms with van der Waals surface area (Å²) in [6.07, 6.45) is 15.4. The number of hydrogen-bond acceptors (Lipinski definition) is 1. The highest BCUT2D eigenvalue weighted by Gasteiger charge is 2.37. The maximum atomic E-state index is 11.0. The molecule has 0 saturated heterocycles. The molecule has 1 heteroatoms. The number of hydrogen-bond donors (Lipinski definition) is 1. The van der Waals surface area contributed by atoms with Crippen molar-refractivity contribution in [1.82, 2.24) is 0 Å². The van der Waals surface area contributed by atoms with Crippen LogP contribution in [0.4, 0.5) is 0 Å². The van der Waals surface area contributed by atoms with E-state index in [9.17, 15) is 5.11 Å². The minimum Gasteiger partial charge on any atom is -0.390 e. The van der Waals surface area contributed by atoms with Gasteiger partial charge in [0.25, 0.3) is 0 Å². The van der Waals surface area contributed by atoms with Crippen LogP contribution in [-0.4, -0.2) is 10.7 Å². The molecule has 0 spiro atoms. The van der Waals surface area contributed by atoms with Gasteiger partial charge in [-0.2, -0.15) is 0 Å². The summed E-state index contributed by atoms with van der Waals surface area (Å²) in [6.45, 7) is 2.31. The van der Waals surface area contributed by atoms with E-state index in [4.69, 9.17) is 0 Å². The first-order valence-corrected chi connectivity index (χ1v) is 7.97. The molecule has 1 N–H and O–H groups in total. The maximum absolute atomic E-state index is 11.0. The largest absolute Gasteiger partial charge is 0.390 e. The van der Waals surface area contributed by atoms with E-state index in [-0.39, 0.29) is 5.60 Å². The quantitative estimate of drug-likeness (QED) is 0.693. The standard InChI is InChI=1S/C16H30O/c1-2-14-8-7-12-16(17,13-11-14)15-9-5-3-4-6-10-15/h14-15,17H,2-13H2,1H3. The molecule has 0 aromatic heterocycles. The molecular formula is C16H30O. The van der Waals surface area contributed by atoms with Crippen molar-refractivity contribution in [3.63, 3.8) is 0 Å². The first-order chi connectivity index (χ1) is 8.24. The third-order valence-corrected chi connectivity index (χ3v) is 5.40. The monoisotopic (exact) mass is 238 g/mol. The zero-order valence-corrected chi connectivity index (χ0v) is 11.6. The molecule has 0 heterocycles.